The third-order valence-electron chi connectivity index (χ3n) is 1.82. The van der Waals surface area contributed by atoms with Crippen molar-refractivity contribution in [2.75, 3.05) is 5.73 Å². The number of hydrogen-bond acceptors (Lipinski definition) is 4. The number of nitrogen functional groups attached to an aromatic ring is 1. The topological polar surface area (TPSA) is 73.8 Å². The van der Waals surface area contributed by atoms with Gasteiger partial charge in [-0.05, 0) is 12.1 Å². The third kappa shape index (κ3) is 1.35. The van der Waals surface area contributed by atoms with Crippen LogP contribution >= 0.6 is 0 Å². The van der Waals surface area contributed by atoms with Crippen molar-refractivity contribution >= 4 is 12.0 Å². The Hall–Kier alpha value is -2.17. The standard InChI is InChI=1S/C9H8N4O/c10-8-3-1-2-4-9(8)13-5-7(6-14)11-12-13/h1-6H,10H2. The van der Waals surface area contributed by atoms with E-state index in [0.29, 0.717) is 17.7 Å². The zero-order valence-corrected chi connectivity index (χ0v) is 7.29. The van der Waals surface area contributed by atoms with E-state index in [1.807, 2.05) is 12.1 Å². The molecular weight excluding hydrogens is 180 g/mol. The van der Waals surface area contributed by atoms with Gasteiger partial charge in [-0.3, -0.25) is 4.79 Å². The van der Waals surface area contributed by atoms with Crippen LogP contribution in [0.1, 0.15) is 10.5 Å². The lowest BCUT2D eigenvalue weighted by atomic mass is 10.3. The van der Waals surface area contributed by atoms with Gasteiger partial charge in [0.15, 0.2) is 6.29 Å². The number of hydrogen-bond donors (Lipinski definition) is 1. The molecule has 14 heavy (non-hydrogen) atoms. The molecule has 0 aliphatic rings. The van der Waals surface area contributed by atoms with E-state index in [1.165, 1.54) is 10.9 Å². The van der Waals surface area contributed by atoms with E-state index in [2.05, 4.69) is 10.3 Å². The van der Waals surface area contributed by atoms with Gasteiger partial charge in [0.1, 0.15) is 5.69 Å². The molecule has 0 spiro atoms. The predicted octanol–water partition coefficient (Wildman–Crippen LogP) is 0.662. The highest BCUT2D eigenvalue weighted by molar-refractivity contribution is 5.71. The zero-order valence-electron chi connectivity index (χ0n) is 7.29. The summed E-state index contributed by atoms with van der Waals surface area (Å²) in [5, 5.41) is 7.42. The summed E-state index contributed by atoms with van der Waals surface area (Å²) in [5.74, 6) is 0. The van der Waals surface area contributed by atoms with Gasteiger partial charge in [0.05, 0.1) is 17.6 Å². The quantitative estimate of drug-likeness (QED) is 0.555. The molecule has 2 rings (SSSR count). The Kier molecular flexibility index (Phi) is 1.98. The minimum atomic E-state index is 0.285. The molecule has 2 aromatic rings. The lowest BCUT2D eigenvalue weighted by molar-refractivity contribution is 0.111. The van der Waals surface area contributed by atoms with Crippen LogP contribution in [0.2, 0.25) is 0 Å². The van der Waals surface area contributed by atoms with Crippen molar-refractivity contribution in [1.82, 2.24) is 15.0 Å². The molecule has 1 heterocycles. The highest BCUT2D eigenvalue weighted by Crippen LogP contribution is 2.14. The molecule has 0 fully saturated rings. The first-order valence-electron chi connectivity index (χ1n) is 4.03. The first-order chi connectivity index (χ1) is 6.81. The maximum Gasteiger partial charge on any atom is 0.171 e. The molecule has 0 atom stereocenters. The molecule has 0 saturated heterocycles. The molecule has 0 bridgehead atoms. The lowest BCUT2D eigenvalue weighted by Gasteiger charge is -2.02. The second-order valence-electron chi connectivity index (χ2n) is 2.76. The molecule has 1 aromatic heterocycles. The van der Waals surface area contributed by atoms with E-state index in [0.717, 1.165) is 0 Å². The zero-order chi connectivity index (χ0) is 9.97. The number of nitrogens with two attached hydrogens (primary N) is 1. The number of benzene rings is 1. The third-order valence-corrected chi connectivity index (χ3v) is 1.82. The predicted molar refractivity (Wildman–Crippen MR) is 51.2 cm³/mol. The molecule has 0 aliphatic carbocycles. The van der Waals surface area contributed by atoms with Gasteiger partial charge in [-0.2, -0.15) is 0 Å². The summed E-state index contributed by atoms with van der Waals surface area (Å²) in [4.78, 5) is 10.4. The Labute approximate surface area is 80.2 Å². The van der Waals surface area contributed by atoms with E-state index in [4.69, 9.17) is 5.73 Å². The monoisotopic (exact) mass is 188 g/mol. The number of carbonyl (C=O) groups is 1. The fourth-order valence-corrected chi connectivity index (χ4v) is 1.14. The largest absolute Gasteiger partial charge is 0.397 e. The molecule has 0 aliphatic heterocycles. The minimum absolute atomic E-state index is 0.285. The van der Waals surface area contributed by atoms with Crippen LogP contribution in [0.3, 0.4) is 0 Å². The molecule has 5 heteroatoms. The highest BCUT2D eigenvalue weighted by Gasteiger charge is 2.03. The van der Waals surface area contributed by atoms with Crippen molar-refractivity contribution < 1.29 is 4.79 Å². The van der Waals surface area contributed by atoms with Crippen LogP contribution in [0, 0.1) is 0 Å². The maximum absolute atomic E-state index is 10.4. The molecule has 70 valence electrons. The Bertz CT molecular complexity index is 463. The van der Waals surface area contributed by atoms with Gasteiger partial charge in [-0.1, -0.05) is 17.3 Å². The summed E-state index contributed by atoms with van der Waals surface area (Å²) in [6, 6.07) is 7.24. The van der Waals surface area contributed by atoms with E-state index >= 15 is 0 Å². The Morgan fingerprint density at radius 2 is 2.14 bits per heavy atom. The SMILES string of the molecule is Nc1ccccc1-n1cc(C=O)nn1. The number of rotatable bonds is 2. The van der Waals surface area contributed by atoms with Gasteiger partial charge >= 0.3 is 0 Å². The van der Waals surface area contributed by atoms with Crippen molar-refractivity contribution in [3.05, 3.63) is 36.2 Å². The second kappa shape index (κ2) is 3.29. The molecule has 0 amide bonds. The number of para-hydroxylation sites is 2. The Morgan fingerprint density at radius 3 is 2.79 bits per heavy atom. The first-order valence-corrected chi connectivity index (χ1v) is 4.03. The Balaban J connectivity index is 2.49. The van der Waals surface area contributed by atoms with E-state index < -0.39 is 0 Å². The van der Waals surface area contributed by atoms with Crippen molar-refractivity contribution in [2.24, 2.45) is 0 Å². The highest BCUT2D eigenvalue weighted by atomic mass is 16.1. The van der Waals surface area contributed by atoms with Crippen LogP contribution in [0.4, 0.5) is 5.69 Å². The van der Waals surface area contributed by atoms with Crippen molar-refractivity contribution in [2.45, 2.75) is 0 Å². The van der Waals surface area contributed by atoms with Crippen LogP contribution in [-0.2, 0) is 0 Å². The van der Waals surface area contributed by atoms with E-state index in [9.17, 15) is 4.79 Å². The van der Waals surface area contributed by atoms with Crippen LogP contribution in [-0.4, -0.2) is 21.3 Å². The summed E-state index contributed by atoms with van der Waals surface area (Å²) < 4.78 is 1.47. The number of nitrogens with zero attached hydrogens (tertiary/aromatic N) is 3. The summed E-state index contributed by atoms with van der Waals surface area (Å²) in [6.07, 6.45) is 2.17. The van der Waals surface area contributed by atoms with Gasteiger partial charge in [0.25, 0.3) is 0 Å². The van der Waals surface area contributed by atoms with Gasteiger partial charge in [0, 0.05) is 0 Å². The molecule has 0 radical (unpaired) electrons. The van der Waals surface area contributed by atoms with Crippen LogP contribution in [0.25, 0.3) is 5.69 Å². The summed E-state index contributed by atoms with van der Waals surface area (Å²) >= 11 is 0. The average molecular weight is 188 g/mol. The summed E-state index contributed by atoms with van der Waals surface area (Å²) in [6.45, 7) is 0. The molecule has 0 unspecified atom stereocenters. The molecule has 0 saturated carbocycles. The fourth-order valence-electron chi connectivity index (χ4n) is 1.14. The fraction of sp³-hybridized carbons (Fsp3) is 0. The van der Waals surface area contributed by atoms with E-state index in [1.54, 1.807) is 12.1 Å². The second-order valence-corrected chi connectivity index (χ2v) is 2.76. The van der Waals surface area contributed by atoms with Gasteiger partial charge in [0.2, 0.25) is 0 Å². The molecule has 1 aromatic carbocycles. The van der Waals surface area contributed by atoms with Gasteiger partial charge in [-0.25, -0.2) is 4.68 Å². The van der Waals surface area contributed by atoms with Crippen molar-refractivity contribution in [3.8, 4) is 5.69 Å². The van der Waals surface area contributed by atoms with E-state index in [-0.39, 0.29) is 5.69 Å². The summed E-state index contributed by atoms with van der Waals surface area (Å²) in [7, 11) is 0. The van der Waals surface area contributed by atoms with Crippen LogP contribution in [0.5, 0.6) is 0 Å². The normalized spacial score (nSPS) is 10.0. The number of carbonyl (C=O) groups excluding carboxylic acids is 1. The van der Waals surface area contributed by atoms with Crippen molar-refractivity contribution in [1.29, 1.82) is 0 Å². The lowest BCUT2D eigenvalue weighted by Crippen LogP contribution is -1.99. The van der Waals surface area contributed by atoms with Crippen LogP contribution < -0.4 is 5.73 Å². The number of aromatic nitrogens is 3. The first kappa shape index (κ1) is 8.43. The van der Waals surface area contributed by atoms with Gasteiger partial charge in [-0.15, -0.1) is 5.10 Å². The van der Waals surface area contributed by atoms with Crippen molar-refractivity contribution in [3.63, 3.8) is 0 Å². The smallest absolute Gasteiger partial charge is 0.171 e. The van der Waals surface area contributed by atoms with Gasteiger partial charge < -0.3 is 5.73 Å². The number of aldehydes is 1. The average Bonchev–Trinajstić information content (AvgIpc) is 2.67. The van der Waals surface area contributed by atoms with Crippen LogP contribution in [0.15, 0.2) is 30.5 Å². The minimum Gasteiger partial charge on any atom is -0.397 e. The maximum atomic E-state index is 10.4. The summed E-state index contributed by atoms with van der Waals surface area (Å²) in [5.41, 5.74) is 7.32. The Morgan fingerprint density at radius 1 is 1.36 bits per heavy atom. The molecular formula is C9H8N4O. The number of anilines is 1. The molecule has 5 nitrogen and oxygen atoms in total. The molecule has 2 N–H and O–H groups in total.